The van der Waals surface area contributed by atoms with E-state index in [0.717, 1.165) is 6.42 Å². The molecule has 0 saturated carbocycles. The first-order valence-corrected chi connectivity index (χ1v) is 9.74. The first kappa shape index (κ1) is 18.0. The minimum Gasteiger partial charge on any atom is -0.0654 e. The summed E-state index contributed by atoms with van der Waals surface area (Å²) in [6.45, 7) is 13.7. The molecule has 0 bridgehead atoms. The van der Waals surface area contributed by atoms with Gasteiger partial charge in [-0.05, 0) is 77.5 Å². The molecule has 0 radical (unpaired) electrons. The fourth-order valence-corrected chi connectivity index (χ4v) is 3.83. The first-order valence-electron chi connectivity index (χ1n) is 9.74. The lowest BCUT2D eigenvalue weighted by molar-refractivity contribution is 0.590. The number of rotatable bonds is 4. The molecule has 0 aromatic heterocycles. The zero-order chi connectivity index (χ0) is 18.2. The zero-order valence-corrected chi connectivity index (χ0v) is 16.8. The number of unbranched alkanes of at least 4 members (excludes halogenated alkanes) is 1. The lowest BCUT2D eigenvalue weighted by Gasteiger charge is -2.20. The third-order valence-electron chi connectivity index (χ3n) is 5.69. The van der Waals surface area contributed by atoms with E-state index >= 15 is 0 Å². The second-order valence-corrected chi connectivity index (χ2v) is 8.67. The second-order valence-electron chi connectivity index (χ2n) is 8.67. The van der Waals surface area contributed by atoms with Crippen molar-refractivity contribution in [2.45, 2.75) is 72.6 Å². The van der Waals surface area contributed by atoms with Gasteiger partial charge in [0.05, 0.1) is 0 Å². The molecular weight excluding hydrogens is 300 g/mol. The molecule has 25 heavy (non-hydrogen) atoms. The summed E-state index contributed by atoms with van der Waals surface area (Å²) in [4.78, 5) is 0. The molecule has 0 amide bonds. The predicted molar refractivity (Wildman–Crippen MR) is 111 cm³/mol. The van der Waals surface area contributed by atoms with Crippen molar-refractivity contribution < 1.29 is 0 Å². The van der Waals surface area contributed by atoms with Crippen LogP contribution < -0.4 is 0 Å². The number of hydrogen-bond donors (Lipinski definition) is 0. The van der Waals surface area contributed by atoms with Crippen molar-refractivity contribution in [1.82, 2.24) is 0 Å². The van der Waals surface area contributed by atoms with Gasteiger partial charge in [-0.25, -0.2) is 0 Å². The summed E-state index contributed by atoms with van der Waals surface area (Å²) < 4.78 is 0. The molecule has 0 aliphatic heterocycles. The van der Waals surface area contributed by atoms with Crippen LogP contribution >= 0.6 is 0 Å². The fourth-order valence-electron chi connectivity index (χ4n) is 3.83. The second kappa shape index (κ2) is 6.83. The average molecular weight is 333 g/mol. The Hall–Kier alpha value is -1.82. The Morgan fingerprint density at radius 1 is 1.00 bits per heavy atom. The molecule has 0 saturated heterocycles. The first-order chi connectivity index (χ1) is 11.8. The van der Waals surface area contributed by atoms with Crippen molar-refractivity contribution in [2.24, 2.45) is 0 Å². The van der Waals surface area contributed by atoms with Crippen molar-refractivity contribution in [2.75, 3.05) is 0 Å². The number of fused-ring (bicyclic) bond motifs is 1. The largest absolute Gasteiger partial charge is 0.0654 e. The maximum absolute atomic E-state index is 2.48. The standard InChI is InChI=1S/C25H32/c1-7-8-9-19-15-22-18(3)17(2)14-23(24(22)16-19)20-10-12-21(13-11-20)25(4,5)6/h10-14,16H,7-9,15H2,1-6H3. The molecule has 2 aromatic rings. The van der Waals surface area contributed by atoms with Gasteiger partial charge in [-0.3, -0.25) is 0 Å². The highest BCUT2D eigenvalue weighted by atomic mass is 14.2. The van der Waals surface area contributed by atoms with Gasteiger partial charge in [0.15, 0.2) is 0 Å². The van der Waals surface area contributed by atoms with E-state index in [1.54, 1.807) is 11.1 Å². The van der Waals surface area contributed by atoms with Crippen LogP contribution in [0.3, 0.4) is 0 Å². The molecule has 1 aliphatic rings. The summed E-state index contributed by atoms with van der Waals surface area (Å²) in [6.07, 6.45) is 7.44. The molecule has 0 heteroatoms. The maximum Gasteiger partial charge on any atom is -0.00549 e. The predicted octanol–water partition coefficient (Wildman–Crippen LogP) is 7.40. The van der Waals surface area contributed by atoms with E-state index in [1.807, 2.05) is 0 Å². The highest BCUT2D eigenvalue weighted by molar-refractivity contribution is 5.82. The minimum absolute atomic E-state index is 0.205. The molecule has 0 atom stereocenters. The number of benzene rings is 2. The molecule has 132 valence electrons. The average Bonchev–Trinajstić information content (AvgIpc) is 3.00. The summed E-state index contributed by atoms with van der Waals surface area (Å²) in [5.74, 6) is 0. The molecule has 0 unspecified atom stereocenters. The monoisotopic (exact) mass is 332 g/mol. The molecule has 2 aromatic carbocycles. The van der Waals surface area contributed by atoms with E-state index in [9.17, 15) is 0 Å². The van der Waals surface area contributed by atoms with E-state index in [4.69, 9.17) is 0 Å². The Morgan fingerprint density at radius 3 is 2.28 bits per heavy atom. The van der Waals surface area contributed by atoms with Gasteiger partial charge >= 0.3 is 0 Å². The van der Waals surface area contributed by atoms with Gasteiger partial charge in [0.25, 0.3) is 0 Å². The van der Waals surface area contributed by atoms with Crippen molar-refractivity contribution in [3.63, 3.8) is 0 Å². The van der Waals surface area contributed by atoms with Crippen molar-refractivity contribution >= 4 is 6.08 Å². The summed E-state index contributed by atoms with van der Waals surface area (Å²) >= 11 is 0. The van der Waals surface area contributed by atoms with Gasteiger partial charge in [-0.2, -0.15) is 0 Å². The SMILES string of the molecule is CCCCC1=Cc2c(-c3ccc(C(C)(C)C)cc3)cc(C)c(C)c2C1. The summed E-state index contributed by atoms with van der Waals surface area (Å²) in [5, 5.41) is 0. The Morgan fingerprint density at radius 2 is 1.68 bits per heavy atom. The molecule has 0 spiro atoms. The lowest BCUT2D eigenvalue weighted by Crippen LogP contribution is -2.10. The fraction of sp³-hybridized carbons (Fsp3) is 0.440. The lowest BCUT2D eigenvalue weighted by atomic mass is 9.85. The summed E-state index contributed by atoms with van der Waals surface area (Å²) in [6, 6.07) is 11.6. The van der Waals surface area contributed by atoms with E-state index in [-0.39, 0.29) is 5.41 Å². The van der Waals surface area contributed by atoms with Gasteiger partial charge < -0.3 is 0 Å². The van der Waals surface area contributed by atoms with E-state index in [0.29, 0.717) is 0 Å². The van der Waals surface area contributed by atoms with Gasteiger partial charge in [-0.1, -0.05) is 76.1 Å². The van der Waals surface area contributed by atoms with Crippen LogP contribution in [-0.4, -0.2) is 0 Å². The van der Waals surface area contributed by atoms with Crippen LogP contribution in [0, 0.1) is 13.8 Å². The molecule has 0 nitrogen and oxygen atoms in total. The van der Waals surface area contributed by atoms with Crippen LogP contribution in [0.1, 0.15) is 74.8 Å². The van der Waals surface area contributed by atoms with Gasteiger partial charge in [0.1, 0.15) is 0 Å². The summed E-state index contributed by atoms with van der Waals surface area (Å²) in [7, 11) is 0. The van der Waals surface area contributed by atoms with E-state index < -0.39 is 0 Å². The third-order valence-corrected chi connectivity index (χ3v) is 5.69. The topological polar surface area (TPSA) is 0 Å². The van der Waals surface area contributed by atoms with Crippen LogP contribution in [0.5, 0.6) is 0 Å². The molecule has 0 N–H and O–H groups in total. The Bertz CT molecular complexity index is 795. The quantitative estimate of drug-likeness (QED) is 0.547. The van der Waals surface area contributed by atoms with Gasteiger partial charge in [0, 0.05) is 0 Å². The Kier molecular flexibility index (Phi) is 4.91. The van der Waals surface area contributed by atoms with Crippen LogP contribution in [0.2, 0.25) is 0 Å². The van der Waals surface area contributed by atoms with Gasteiger partial charge in [0.2, 0.25) is 0 Å². The van der Waals surface area contributed by atoms with Crippen molar-refractivity contribution in [1.29, 1.82) is 0 Å². The highest BCUT2D eigenvalue weighted by Crippen LogP contribution is 2.39. The number of aryl methyl sites for hydroxylation is 1. The van der Waals surface area contributed by atoms with Crippen LogP contribution in [-0.2, 0) is 11.8 Å². The minimum atomic E-state index is 0.205. The molecular formula is C25H32. The van der Waals surface area contributed by atoms with E-state index in [1.165, 1.54) is 52.6 Å². The number of allylic oxidation sites excluding steroid dienone is 1. The van der Waals surface area contributed by atoms with Crippen molar-refractivity contribution in [3.8, 4) is 11.1 Å². The van der Waals surface area contributed by atoms with Crippen LogP contribution in [0.15, 0.2) is 35.9 Å². The molecule has 3 rings (SSSR count). The summed E-state index contributed by atoms with van der Waals surface area (Å²) in [5.41, 5.74) is 11.9. The van der Waals surface area contributed by atoms with Crippen LogP contribution in [0.25, 0.3) is 17.2 Å². The smallest absolute Gasteiger partial charge is 0.00549 e. The molecule has 0 fully saturated rings. The molecule has 1 aliphatic carbocycles. The normalized spacial score (nSPS) is 13.8. The highest BCUT2D eigenvalue weighted by Gasteiger charge is 2.20. The Balaban J connectivity index is 2.04. The van der Waals surface area contributed by atoms with E-state index in [2.05, 4.69) is 78.0 Å². The zero-order valence-electron chi connectivity index (χ0n) is 16.8. The third kappa shape index (κ3) is 3.59. The Labute approximate surface area is 154 Å². The molecule has 0 heterocycles. The van der Waals surface area contributed by atoms with Crippen molar-refractivity contribution in [3.05, 3.63) is 63.7 Å². The van der Waals surface area contributed by atoms with Gasteiger partial charge in [-0.15, -0.1) is 0 Å². The van der Waals surface area contributed by atoms with Crippen LogP contribution in [0.4, 0.5) is 0 Å². The maximum atomic E-state index is 2.48. The number of hydrogen-bond acceptors (Lipinski definition) is 0.